The van der Waals surface area contributed by atoms with E-state index in [1.54, 1.807) is 0 Å². The Morgan fingerprint density at radius 3 is 2.54 bits per heavy atom. The minimum absolute atomic E-state index is 0.0780. The van der Waals surface area contributed by atoms with Crippen LogP contribution in [0.1, 0.15) is 85.5 Å². The molecule has 0 radical (unpaired) electrons. The summed E-state index contributed by atoms with van der Waals surface area (Å²) in [4.78, 5) is 22.7. The average molecular weight is 389 g/mol. The molecule has 1 amide bonds. The molecule has 0 aromatic heterocycles. The van der Waals surface area contributed by atoms with E-state index in [0.29, 0.717) is 17.3 Å². The van der Waals surface area contributed by atoms with E-state index >= 15 is 0 Å². The first kappa shape index (κ1) is 19.9. The number of hydrazone groups is 1. The second kappa shape index (κ2) is 7.14. The maximum atomic E-state index is 11.4. The SMILES string of the molecule is CC(=O)N/N=C1\CC[C@H]2[C@H]3CC[C@H]4C[C@@H](OC(C)=O)CC[C@]4(C)[C@H]3CC[C@]12C. The molecule has 4 fully saturated rings. The van der Waals surface area contributed by atoms with Crippen LogP contribution >= 0.6 is 0 Å². The number of esters is 1. The number of ether oxygens (including phenoxy) is 1. The zero-order chi connectivity index (χ0) is 20.1. The topological polar surface area (TPSA) is 67.8 Å². The van der Waals surface area contributed by atoms with E-state index < -0.39 is 0 Å². The Labute approximate surface area is 169 Å². The zero-order valence-electron chi connectivity index (χ0n) is 17.9. The molecule has 0 heterocycles. The predicted octanol–water partition coefficient (Wildman–Crippen LogP) is 4.45. The van der Waals surface area contributed by atoms with Crippen molar-refractivity contribution in [3.63, 3.8) is 0 Å². The lowest BCUT2D eigenvalue weighted by Gasteiger charge is -2.60. The summed E-state index contributed by atoms with van der Waals surface area (Å²) in [6.07, 6.45) is 10.6. The number of nitrogens with one attached hydrogen (secondary N) is 1. The Morgan fingerprint density at radius 1 is 1.04 bits per heavy atom. The maximum Gasteiger partial charge on any atom is 0.302 e. The van der Waals surface area contributed by atoms with Crippen molar-refractivity contribution in [3.8, 4) is 0 Å². The Balaban J connectivity index is 1.52. The minimum Gasteiger partial charge on any atom is -0.463 e. The standard InChI is InChI=1S/C23H36N2O3/c1-14(26)24-25-21-8-7-19-18-6-5-16-13-17(28-15(2)27)9-11-22(16,3)20(18)10-12-23(19,21)4/h16-20H,5-13H2,1-4H3,(H,24,26)/b25-21+/t16-,17-,18+,19-,20-,22-,23-/m0/s1. The first-order valence-electron chi connectivity index (χ1n) is 11.2. The van der Waals surface area contributed by atoms with E-state index in [4.69, 9.17) is 4.74 Å². The van der Waals surface area contributed by atoms with Gasteiger partial charge in [-0.25, -0.2) is 5.43 Å². The summed E-state index contributed by atoms with van der Waals surface area (Å²) in [7, 11) is 0. The van der Waals surface area contributed by atoms with Gasteiger partial charge in [-0.05, 0) is 86.9 Å². The van der Waals surface area contributed by atoms with Crippen LogP contribution in [0.2, 0.25) is 0 Å². The van der Waals surface area contributed by atoms with Crippen molar-refractivity contribution in [2.24, 2.45) is 39.6 Å². The average Bonchev–Trinajstić information content (AvgIpc) is 2.96. The van der Waals surface area contributed by atoms with Gasteiger partial charge in [0.05, 0.1) is 0 Å². The molecule has 0 aliphatic heterocycles. The fourth-order valence-corrected chi connectivity index (χ4v) is 7.68. The molecule has 7 atom stereocenters. The largest absolute Gasteiger partial charge is 0.463 e. The summed E-state index contributed by atoms with van der Waals surface area (Å²) in [5.74, 6) is 2.73. The molecule has 4 saturated carbocycles. The summed E-state index contributed by atoms with van der Waals surface area (Å²) in [5.41, 5.74) is 4.46. The van der Waals surface area contributed by atoms with E-state index in [9.17, 15) is 9.59 Å². The molecule has 1 N–H and O–H groups in total. The van der Waals surface area contributed by atoms with Gasteiger partial charge in [-0.3, -0.25) is 9.59 Å². The van der Waals surface area contributed by atoms with E-state index in [1.807, 2.05) is 0 Å². The van der Waals surface area contributed by atoms with E-state index in [1.165, 1.54) is 58.1 Å². The molecule has 0 spiro atoms. The summed E-state index contributed by atoms with van der Waals surface area (Å²) in [6, 6.07) is 0. The van der Waals surface area contributed by atoms with Crippen LogP contribution in [0.5, 0.6) is 0 Å². The van der Waals surface area contributed by atoms with Gasteiger partial charge in [0, 0.05) is 25.0 Å². The number of fused-ring (bicyclic) bond motifs is 5. The van der Waals surface area contributed by atoms with Gasteiger partial charge in [0.15, 0.2) is 0 Å². The van der Waals surface area contributed by atoms with Gasteiger partial charge in [-0.1, -0.05) is 13.8 Å². The highest BCUT2D eigenvalue weighted by Crippen LogP contribution is 2.65. The highest BCUT2D eigenvalue weighted by Gasteiger charge is 2.59. The highest BCUT2D eigenvalue weighted by atomic mass is 16.5. The molecule has 0 saturated heterocycles. The van der Waals surface area contributed by atoms with Gasteiger partial charge < -0.3 is 4.74 Å². The molecule has 28 heavy (non-hydrogen) atoms. The number of rotatable bonds is 2. The van der Waals surface area contributed by atoms with Crippen molar-refractivity contribution < 1.29 is 14.3 Å². The lowest BCUT2D eigenvalue weighted by Crippen LogP contribution is -2.54. The van der Waals surface area contributed by atoms with Crippen molar-refractivity contribution >= 4 is 17.6 Å². The molecule has 4 aliphatic carbocycles. The van der Waals surface area contributed by atoms with Crippen LogP contribution in [0.3, 0.4) is 0 Å². The molecule has 0 bridgehead atoms. The lowest BCUT2D eigenvalue weighted by molar-refractivity contribution is -0.158. The number of carbonyl (C=O) groups is 2. The summed E-state index contributed by atoms with van der Waals surface area (Å²) in [6.45, 7) is 7.99. The van der Waals surface area contributed by atoms with Crippen molar-refractivity contribution in [1.29, 1.82) is 0 Å². The van der Waals surface area contributed by atoms with Crippen LogP contribution in [-0.2, 0) is 14.3 Å². The van der Waals surface area contributed by atoms with Crippen LogP contribution < -0.4 is 5.43 Å². The van der Waals surface area contributed by atoms with Crippen molar-refractivity contribution in [1.82, 2.24) is 5.43 Å². The maximum absolute atomic E-state index is 11.4. The molecule has 4 aliphatic rings. The number of amides is 1. The molecule has 5 heteroatoms. The number of nitrogens with zero attached hydrogens (tertiary/aromatic N) is 1. The Hall–Kier alpha value is -1.39. The fourth-order valence-electron chi connectivity index (χ4n) is 7.68. The van der Waals surface area contributed by atoms with Crippen LogP contribution in [0.15, 0.2) is 5.10 Å². The highest BCUT2D eigenvalue weighted by molar-refractivity contribution is 5.93. The van der Waals surface area contributed by atoms with Gasteiger partial charge in [0.1, 0.15) is 6.10 Å². The Kier molecular flexibility index (Phi) is 5.08. The van der Waals surface area contributed by atoms with Crippen molar-refractivity contribution in [3.05, 3.63) is 0 Å². The van der Waals surface area contributed by atoms with Gasteiger partial charge in [0.2, 0.25) is 5.91 Å². The minimum atomic E-state index is -0.132. The molecule has 156 valence electrons. The summed E-state index contributed by atoms with van der Waals surface area (Å²) in [5, 5.41) is 4.52. The number of carbonyl (C=O) groups excluding carboxylic acids is 2. The third kappa shape index (κ3) is 3.19. The molecule has 5 nitrogen and oxygen atoms in total. The third-order valence-corrected chi connectivity index (χ3v) is 9.04. The zero-order valence-corrected chi connectivity index (χ0v) is 17.9. The second-order valence-electron chi connectivity index (χ2n) is 10.4. The van der Waals surface area contributed by atoms with Crippen LogP contribution in [0.4, 0.5) is 0 Å². The molecule has 0 aromatic carbocycles. The van der Waals surface area contributed by atoms with E-state index in [2.05, 4.69) is 24.4 Å². The number of hydrogen-bond donors (Lipinski definition) is 1. The molecular formula is C23H36N2O3. The Morgan fingerprint density at radius 2 is 1.82 bits per heavy atom. The van der Waals surface area contributed by atoms with Crippen LogP contribution in [-0.4, -0.2) is 23.7 Å². The van der Waals surface area contributed by atoms with Crippen molar-refractivity contribution in [2.75, 3.05) is 0 Å². The normalized spacial score (nSPS) is 46.3. The molecule has 0 unspecified atom stereocenters. The molecular weight excluding hydrogens is 352 g/mol. The van der Waals surface area contributed by atoms with Crippen LogP contribution in [0, 0.1) is 34.5 Å². The fraction of sp³-hybridized carbons (Fsp3) is 0.870. The third-order valence-electron chi connectivity index (χ3n) is 9.04. The van der Waals surface area contributed by atoms with Gasteiger partial charge in [-0.2, -0.15) is 5.10 Å². The first-order valence-corrected chi connectivity index (χ1v) is 11.2. The monoisotopic (exact) mass is 388 g/mol. The number of hydrogen-bond acceptors (Lipinski definition) is 4. The predicted molar refractivity (Wildman–Crippen MR) is 109 cm³/mol. The first-order chi connectivity index (χ1) is 13.2. The summed E-state index contributed by atoms with van der Waals surface area (Å²) < 4.78 is 5.58. The van der Waals surface area contributed by atoms with Crippen molar-refractivity contribution in [2.45, 2.75) is 91.6 Å². The molecule has 0 aromatic rings. The van der Waals surface area contributed by atoms with E-state index in [0.717, 1.165) is 31.1 Å². The van der Waals surface area contributed by atoms with Gasteiger partial charge in [-0.15, -0.1) is 0 Å². The molecule has 4 rings (SSSR count). The van der Waals surface area contributed by atoms with Gasteiger partial charge in [0.25, 0.3) is 0 Å². The quantitative estimate of drug-likeness (QED) is 0.561. The smallest absolute Gasteiger partial charge is 0.302 e. The van der Waals surface area contributed by atoms with Gasteiger partial charge >= 0.3 is 5.97 Å². The Bertz CT molecular complexity index is 689. The second-order valence-corrected chi connectivity index (χ2v) is 10.4. The summed E-state index contributed by atoms with van der Waals surface area (Å²) >= 11 is 0. The van der Waals surface area contributed by atoms with Crippen LogP contribution in [0.25, 0.3) is 0 Å². The van der Waals surface area contributed by atoms with E-state index in [-0.39, 0.29) is 23.4 Å². The lowest BCUT2D eigenvalue weighted by atomic mass is 9.45.